The Bertz CT molecular complexity index is 550. The predicted molar refractivity (Wildman–Crippen MR) is 65.6 cm³/mol. The van der Waals surface area contributed by atoms with E-state index in [1.165, 1.54) is 6.20 Å². The number of aryl methyl sites for hydroxylation is 1. The van der Waals surface area contributed by atoms with Crippen LogP contribution < -0.4 is 10.5 Å². The molecule has 0 saturated heterocycles. The van der Waals surface area contributed by atoms with Gasteiger partial charge >= 0.3 is 6.01 Å². The molecule has 0 radical (unpaired) electrons. The normalized spacial score (nSPS) is 10.3. The van der Waals surface area contributed by atoms with E-state index in [1.807, 2.05) is 0 Å². The molecule has 94 valence electrons. The highest BCUT2D eigenvalue weighted by Crippen LogP contribution is 2.16. The first-order valence-corrected chi connectivity index (χ1v) is 5.57. The van der Waals surface area contributed by atoms with Gasteiger partial charge in [-0.05, 0) is 12.5 Å². The number of aromatic nitrogens is 4. The van der Waals surface area contributed by atoms with Gasteiger partial charge in [-0.2, -0.15) is 10.1 Å². The first-order chi connectivity index (χ1) is 8.69. The van der Waals surface area contributed by atoms with Crippen molar-refractivity contribution in [2.45, 2.75) is 19.9 Å². The largest absolute Gasteiger partial charge is 0.421 e. The molecule has 2 aromatic rings. The van der Waals surface area contributed by atoms with Crippen molar-refractivity contribution in [1.82, 2.24) is 19.7 Å². The third kappa shape index (κ3) is 2.82. The topological polar surface area (TPSA) is 103 Å². The first-order valence-electron chi connectivity index (χ1n) is 5.57. The Labute approximate surface area is 104 Å². The zero-order valence-corrected chi connectivity index (χ0v) is 10.00. The smallest absolute Gasteiger partial charge is 0.322 e. The highest BCUT2D eigenvalue weighted by molar-refractivity contribution is 5.92. The summed E-state index contributed by atoms with van der Waals surface area (Å²) >= 11 is 0. The molecule has 2 heterocycles. The quantitative estimate of drug-likeness (QED) is 0.608. The summed E-state index contributed by atoms with van der Waals surface area (Å²) in [5.74, 6) is 0.438. The van der Waals surface area contributed by atoms with Gasteiger partial charge in [-0.1, -0.05) is 6.92 Å². The summed E-state index contributed by atoms with van der Waals surface area (Å²) < 4.78 is 7.22. The van der Waals surface area contributed by atoms with E-state index < -0.39 is 0 Å². The van der Waals surface area contributed by atoms with Crippen molar-refractivity contribution in [3.63, 3.8) is 0 Å². The van der Waals surface area contributed by atoms with Gasteiger partial charge in [0.2, 0.25) is 0 Å². The van der Waals surface area contributed by atoms with Crippen LogP contribution >= 0.6 is 0 Å². The van der Waals surface area contributed by atoms with Crippen LogP contribution in [0, 0.1) is 5.41 Å². The molecule has 0 fully saturated rings. The molecule has 7 nitrogen and oxygen atoms in total. The number of nitrogens with one attached hydrogen (secondary N) is 1. The van der Waals surface area contributed by atoms with Crippen LogP contribution in [0.25, 0.3) is 0 Å². The van der Waals surface area contributed by atoms with Crippen LogP contribution in [-0.4, -0.2) is 25.6 Å². The molecule has 7 heteroatoms. The third-order valence-corrected chi connectivity index (χ3v) is 2.18. The van der Waals surface area contributed by atoms with Crippen LogP contribution in [0.5, 0.6) is 11.8 Å². The molecular weight excluding hydrogens is 232 g/mol. The maximum Gasteiger partial charge on any atom is 0.322 e. The molecule has 18 heavy (non-hydrogen) atoms. The lowest BCUT2D eigenvalue weighted by molar-refractivity contribution is 0.440. The Hall–Kier alpha value is -2.44. The first kappa shape index (κ1) is 12.0. The van der Waals surface area contributed by atoms with E-state index in [-0.39, 0.29) is 11.8 Å². The van der Waals surface area contributed by atoms with Crippen molar-refractivity contribution in [3.8, 4) is 11.8 Å². The fourth-order valence-electron chi connectivity index (χ4n) is 1.39. The maximum atomic E-state index is 7.29. The van der Waals surface area contributed by atoms with Crippen LogP contribution in [0.4, 0.5) is 0 Å². The number of nitrogens with two attached hydrogens (primary N) is 1. The molecule has 0 aliphatic rings. The Morgan fingerprint density at radius 3 is 3.11 bits per heavy atom. The highest BCUT2D eigenvalue weighted by Gasteiger charge is 2.05. The number of nitrogen functional groups attached to an aromatic ring is 1. The van der Waals surface area contributed by atoms with E-state index in [4.69, 9.17) is 15.9 Å². The number of rotatable bonds is 5. The van der Waals surface area contributed by atoms with Crippen LogP contribution in [0.1, 0.15) is 19.0 Å². The standard InChI is InChI=1S/C11H14N6O/c1-2-5-17-7-8(6-15-17)18-11-14-4-3-9(16-11)10(12)13/h3-4,6-7H,2,5H2,1H3,(H3,12,13). The maximum absolute atomic E-state index is 7.29. The summed E-state index contributed by atoms with van der Waals surface area (Å²) in [6.07, 6.45) is 5.86. The van der Waals surface area contributed by atoms with E-state index in [9.17, 15) is 0 Å². The SMILES string of the molecule is CCCn1cc(Oc2nccc(C(=N)N)n2)cn1. The molecule has 0 aliphatic carbocycles. The van der Waals surface area contributed by atoms with Gasteiger partial charge in [-0.3, -0.25) is 10.1 Å². The van der Waals surface area contributed by atoms with Gasteiger partial charge < -0.3 is 10.5 Å². The van der Waals surface area contributed by atoms with E-state index in [1.54, 1.807) is 23.1 Å². The molecule has 0 aromatic carbocycles. The van der Waals surface area contributed by atoms with Gasteiger partial charge in [0.05, 0.1) is 12.4 Å². The van der Waals surface area contributed by atoms with Gasteiger partial charge in [0, 0.05) is 12.7 Å². The van der Waals surface area contributed by atoms with E-state index in [2.05, 4.69) is 22.0 Å². The zero-order chi connectivity index (χ0) is 13.0. The van der Waals surface area contributed by atoms with Gasteiger partial charge in [-0.15, -0.1) is 0 Å². The molecule has 0 aliphatic heterocycles. The lowest BCUT2D eigenvalue weighted by atomic mass is 10.4. The molecular formula is C11H14N6O. The lowest BCUT2D eigenvalue weighted by Crippen LogP contribution is -2.13. The van der Waals surface area contributed by atoms with Gasteiger partial charge in [0.25, 0.3) is 0 Å². The van der Waals surface area contributed by atoms with Crippen LogP contribution in [-0.2, 0) is 6.54 Å². The average molecular weight is 246 g/mol. The molecule has 2 aromatic heterocycles. The Balaban J connectivity index is 2.12. The molecule has 0 amide bonds. The van der Waals surface area contributed by atoms with Crippen molar-refractivity contribution >= 4 is 5.84 Å². The van der Waals surface area contributed by atoms with Crippen molar-refractivity contribution in [2.75, 3.05) is 0 Å². The van der Waals surface area contributed by atoms with Gasteiger partial charge in [0.1, 0.15) is 11.5 Å². The summed E-state index contributed by atoms with van der Waals surface area (Å²) in [4.78, 5) is 7.95. The summed E-state index contributed by atoms with van der Waals surface area (Å²) in [5, 5.41) is 11.4. The third-order valence-electron chi connectivity index (χ3n) is 2.18. The van der Waals surface area contributed by atoms with Crippen LogP contribution in [0.2, 0.25) is 0 Å². The van der Waals surface area contributed by atoms with Crippen LogP contribution in [0.3, 0.4) is 0 Å². The Morgan fingerprint density at radius 2 is 2.39 bits per heavy atom. The summed E-state index contributed by atoms with van der Waals surface area (Å²) in [6, 6.07) is 1.70. The van der Waals surface area contributed by atoms with E-state index in [0.29, 0.717) is 11.4 Å². The number of nitrogens with zero attached hydrogens (tertiary/aromatic N) is 4. The Kier molecular flexibility index (Phi) is 3.52. The molecule has 2 rings (SSSR count). The number of hydrogen-bond acceptors (Lipinski definition) is 5. The molecule has 0 spiro atoms. The minimum Gasteiger partial charge on any atom is -0.421 e. The fraction of sp³-hybridized carbons (Fsp3) is 0.273. The summed E-state index contributed by atoms with van der Waals surface area (Å²) in [5.41, 5.74) is 5.67. The van der Waals surface area contributed by atoms with E-state index in [0.717, 1.165) is 13.0 Å². The zero-order valence-electron chi connectivity index (χ0n) is 10.00. The highest BCUT2D eigenvalue weighted by atomic mass is 16.5. The second kappa shape index (κ2) is 5.26. The van der Waals surface area contributed by atoms with Gasteiger partial charge in [-0.25, -0.2) is 4.98 Å². The van der Waals surface area contributed by atoms with Crippen molar-refractivity contribution in [2.24, 2.45) is 5.73 Å². The second-order valence-corrected chi connectivity index (χ2v) is 3.68. The summed E-state index contributed by atoms with van der Waals surface area (Å²) in [7, 11) is 0. The molecule has 0 unspecified atom stereocenters. The molecule has 0 bridgehead atoms. The lowest BCUT2D eigenvalue weighted by Gasteiger charge is -2.02. The minimum absolute atomic E-state index is 0.121. The van der Waals surface area contributed by atoms with Crippen molar-refractivity contribution in [1.29, 1.82) is 5.41 Å². The van der Waals surface area contributed by atoms with E-state index >= 15 is 0 Å². The monoisotopic (exact) mass is 246 g/mol. The number of ether oxygens (including phenoxy) is 1. The molecule has 0 atom stereocenters. The molecule has 3 N–H and O–H groups in total. The van der Waals surface area contributed by atoms with Crippen LogP contribution in [0.15, 0.2) is 24.7 Å². The fourth-order valence-corrected chi connectivity index (χ4v) is 1.39. The molecule has 0 saturated carbocycles. The average Bonchev–Trinajstić information content (AvgIpc) is 2.77. The predicted octanol–water partition coefficient (Wildman–Crippen LogP) is 1.16. The van der Waals surface area contributed by atoms with Gasteiger partial charge in [0.15, 0.2) is 5.75 Å². The van der Waals surface area contributed by atoms with Crippen molar-refractivity contribution in [3.05, 3.63) is 30.4 Å². The number of hydrogen-bond donors (Lipinski definition) is 2. The van der Waals surface area contributed by atoms with Crippen molar-refractivity contribution < 1.29 is 4.74 Å². The second-order valence-electron chi connectivity index (χ2n) is 3.68. The number of amidine groups is 1. The Morgan fingerprint density at radius 1 is 1.56 bits per heavy atom. The minimum atomic E-state index is -0.121. The summed E-state index contributed by atoms with van der Waals surface area (Å²) in [6.45, 7) is 2.90.